The van der Waals surface area contributed by atoms with Crippen LogP contribution in [0.15, 0.2) is 24.3 Å². The van der Waals surface area contributed by atoms with Gasteiger partial charge in [-0.1, -0.05) is 18.2 Å². The predicted molar refractivity (Wildman–Crippen MR) is 68.2 cm³/mol. The monoisotopic (exact) mass is 232 g/mol. The molecule has 3 heteroatoms. The summed E-state index contributed by atoms with van der Waals surface area (Å²) >= 11 is 0. The van der Waals surface area contributed by atoms with E-state index < -0.39 is 0 Å². The van der Waals surface area contributed by atoms with Gasteiger partial charge in [0.15, 0.2) is 0 Å². The fourth-order valence-electron chi connectivity index (χ4n) is 2.77. The number of rotatable bonds is 2. The average Bonchev–Trinajstić information content (AvgIpc) is 2.76. The van der Waals surface area contributed by atoms with Crippen LogP contribution in [0.1, 0.15) is 12.0 Å². The average molecular weight is 232 g/mol. The summed E-state index contributed by atoms with van der Waals surface area (Å²) in [5, 5.41) is 3.44. The molecule has 1 aromatic carbocycles. The summed E-state index contributed by atoms with van der Waals surface area (Å²) in [7, 11) is 0. The predicted octanol–water partition coefficient (Wildman–Crippen LogP) is 1.49. The van der Waals surface area contributed by atoms with Crippen molar-refractivity contribution in [1.29, 1.82) is 0 Å². The maximum atomic E-state index is 5.79. The van der Waals surface area contributed by atoms with Gasteiger partial charge in [0, 0.05) is 25.2 Å². The molecular weight excluding hydrogens is 212 g/mol. The Labute approximate surface area is 103 Å². The van der Waals surface area contributed by atoms with Gasteiger partial charge in [0.2, 0.25) is 0 Å². The normalized spacial score (nSPS) is 25.1. The molecule has 0 radical (unpaired) electrons. The molecule has 1 fully saturated rings. The van der Waals surface area contributed by atoms with Gasteiger partial charge in [-0.15, -0.1) is 0 Å². The van der Waals surface area contributed by atoms with Crippen molar-refractivity contribution in [1.82, 2.24) is 10.2 Å². The summed E-state index contributed by atoms with van der Waals surface area (Å²) in [5.74, 6) is 1.89. The fourth-order valence-corrected chi connectivity index (χ4v) is 2.77. The molecular formula is C14H20N2O. The summed E-state index contributed by atoms with van der Waals surface area (Å²) in [4.78, 5) is 2.53. The molecule has 2 heterocycles. The summed E-state index contributed by atoms with van der Waals surface area (Å²) < 4.78 is 5.79. The third-order valence-electron chi connectivity index (χ3n) is 3.71. The van der Waals surface area contributed by atoms with Crippen LogP contribution in [-0.4, -0.2) is 37.7 Å². The highest BCUT2D eigenvalue weighted by atomic mass is 16.5. The van der Waals surface area contributed by atoms with Gasteiger partial charge in [0.05, 0.1) is 0 Å². The summed E-state index contributed by atoms with van der Waals surface area (Å²) in [6.45, 7) is 6.46. The van der Waals surface area contributed by atoms with E-state index in [-0.39, 0.29) is 0 Å². The first kappa shape index (κ1) is 11.1. The molecule has 2 aliphatic heterocycles. The molecule has 1 unspecified atom stereocenters. The van der Waals surface area contributed by atoms with Crippen LogP contribution < -0.4 is 10.1 Å². The van der Waals surface area contributed by atoms with E-state index in [1.165, 1.54) is 31.6 Å². The lowest BCUT2D eigenvalue weighted by atomic mass is 10.1. The standard InChI is InChI=1S/C14H20N2O/c1-2-4-14-13(3-1)11-16(7-8-17-14)10-12-5-6-15-9-12/h1-4,12,15H,5-11H2. The lowest BCUT2D eigenvalue weighted by Gasteiger charge is -2.22. The molecule has 0 spiro atoms. The molecule has 0 amide bonds. The van der Waals surface area contributed by atoms with Crippen molar-refractivity contribution in [2.24, 2.45) is 5.92 Å². The molecule has 3 rings (SSSR count). The van der Waals surface area contributed by atoms with E-state index >= 15 is 0 Å². The number of para-hydroxylation sites is 1. The van der Waals surface area contributed by atoms with Crippen molar-refractivity contribution >= 4 is 0 Å². The SMILES string of the molecule is c1ccc2c(c1)CN(CC1CCNC1)CCO2. The third-order valence-corrected chi connectivity index (χ3v) is 3.71. The van der Waals surface area contributed by atoms with Gasteiger partial charge < -0.3 is 10.1 Å². The Morgan fingerprint density at radius 1 is 1.35 bits per heavy atom. The summed E-state index contributed by atoms with van der Waals surface area (Å²) in [6, 6.07) is 8.41. The van der Waals surface area contributed by atoms with Gasteiger partial charge in [0.25, 0.3) is 0 Å². The third kappa shape index (κ3) is 2.61. The van der Waals surface area contributed by atoms with Gasteiger partial charge in [-0.25, -0.2) is 0 Å². The molecule has 3 nitrogen and oxygen atoms in total. The molecule has 1 N–H and O–H groups in total. The number of hydrogen-bond acceptors (Lipinski definition) is 3. The Balaban J connectivity index is 1.67. The Kier molecular flexibility index (Phi) is 3.29. The molecule has 2 aliphatic rings. The lowest BCUT2D eigenvalue weighted by molar-refractivity contribution is 0.202. The van der Waals surface area contributed by atoms with Crippen molar-refractivity contribution in [3.63, 3.8) is 0 Å². The number of ether oxygens (including phenoxy) is 1. The van der Waals surface area contributed by atoms with E-state index in [0.717, 1.165) is 31.4 Å². The lowest BCUT2D eigenvalue weighted by Crippen LogP contribution is -2.31. The smallest absolute Gasteiger partial charge is 0.123 e. The number of fused-ring (bicyclic) bond motifs is 1. The molecule has 0 aromatic heterocycles. The van der Waals surface area contributed by atoms with E-state index in [9.17, 15) is 0 Å². The first-order valence-corrected chi connectivity index (χ1v) is 6.55. The van der Waals surface area contributed by atoms with Gasteiger partial charge in [0.1, 0.15) is 12.4 Å². The zero-order valence-electron chi connectivity index (χ0n) is 10.2. The van der Waals surface area contributed by atoms with Gasteiger partial charge >= 0.3 is 0 Å². The van der Waals surface area contributed by atoms with Crippen molar-refractivity contribution in [3.05, 3.63) is 29.8 Å². The van der Waals surface area contributed by atoms with E-state index in [1.54, 1.807) is 0 Å². The number of nitrogens with one attached hydrogen (secondary N) is 1. The van der Waals surface area contributed by atoms with E-state index in [1.807, 2.05) is 0 Å². The van der Waals surface area contributed by atoms with Crippen LogP contribution in [0, 0.1) is 5.92 Å². The van der Waals surface area contributed by atoms with Crippen LogP contribution >= 0.6 is 0 Å². The molecule has 1 saturated heterocycles. The largest absolute Gasteiger partial charge is 0.492 e. The summed E-state index contributed by atoms with van der Waals surface area (Å²) in [5.41, 5.74) is 1.33. The van der Waals surface area contributed by atoms with Crippen molar-refractivity contribution in [2.75, 3.05) is 32.8 Å². The minimum Gasteiger partial charge on any atom is -0.492 e. The zero-order chi connectivity index (χ0) is 11.5. The molecule has 0 aliphatic carbocycles. The van der Waals surface area contributed by atoms with Crippen molar-refractivity contribution in [2.45, 2.75) is 13.0 Å². The quantitative estimate of drug-likeness (QED) is 0.836. The van der Waals surface area contributed by atoms with Gasteiger partial charge in [-0.05, 0) is 31.5 Å². The fraction of sp³-hybridized carbons (Fsp3) is 0.571. The highest BCUT2D eigenvalue weighted by Gasteiger charge is 2.20. The zero-order valence-corrected chi connectivity index (χ0v) is 10.2. The van der Waals surface area contributed by atoms with Crippen LogP contribution in [0.25, 0.3) is 0 Å². The molecule has 1 aromatic rings. The maximum Gasteiger partial charge on any atom is 0.123 e. The molecule has 92 valence electrons. The first-order chi connectivity index (χ1) is 8.42. The Morgan fingerprint density at radius 3 is 3.18 bits per heavy atom. The van der Waals surface area contributed by atoms with Gasteiger partial charge in [-0.2, -0.15) is 0 Å². The van der Waals surface area contributed by atoms with Gasteiger partial charge in [-0.3, -0.25) is 4.90 Å². The van der Waals surface area contributed by atoms with E-state index in [2.05, 4.69) is 34.5 Å². The Bertz CT molecular complexity index is 374. The molecule has 0 bridgehead atoms. The van der Waals surface area contributed by atoms with Crippen LogP contribution in [0.4, 0.5) is 0 Å². The second-order valence-electron chi connectivity index (χ2n) is 5.05. The number of nitrogens with zero attached hydrogens (tertiary/aromatic N) is 1. The second-order valence-corrected chi connectivity index (χ2v) is 5.05. The van der Waals surface area contributed by atoms with Crippen LogP contribution in [-0.2, 0) is 6.54 Å². The van der Waals surface area contributed by atoms with Crippen LogP contribution in [0.3, 0.4) is 0 Å². The van der Waals surface area contributed by atoms with Crippen molar-refractivity contribution in [3.8, 4) is 5.75 Å². The molecule has 1 atom stereocenters. The highest BCUT2D eigenvalue weighted by molar-refractivity contribution is 5.33. The van der Waals surface area contributed by atoms with Crippen molar-refractivity contribution < 1.29 is 4.74 Å². The highest BCUT2D eigenvalue weighted by Crippen LogP contribution is 2.23. The van der Waals surface area contributed by atoms with E-state index in [0.29, 0.717) is 0 Å². The number of hydrogen-bond donors (Lipinski definition) is 1. The van der Waals surface area contributed by atoms with E-state index in [4.69, 9.17) is 4.74 Å². The maximum absolute atomic E-state index is 5.79. The summed E-state index contributed by atoms with van der Waals surface area (Å²) in [6.07, 6.45) is 1.32. The number of benzene rings is 1. The minimum atomic E-state index is 0.817. The first-order valence-electron chi connectivity index (χ1n) is 6.55. The molecule has 17 heavy (non-hydrogen) atoms. The second kappa shape index (κ2) is 5.07. The Hall–Kier alpha value is -1.06. The molecule has 0 saturated carbocycles. The topological polar surface area (TPSA) is 24.5 Å². The van der Waals surface area contributed by atoms with Crippen LogP contribution in [0.5, 0.6) is 5.75 Å². The minimum absolute atomic E-state index is 0.817. The van der Waals surface area contributed by atoms with Crippen LogP contribution in [0.2, 0.25) is 0 Å². The Morgan fingerprint density at radius 2 is 2.29 bits per heavy atom.